The van der Waals surface area contributed by atoms with Gasteiger partial charge in [-0.15, -0.1) is 0 Å². The first-order valence-corrected chi connectivity index (χ1v) is 7.24. The second-order valence-electron chi connectivity index (χ2n) is 5.20. The van der Waals surface area contributed by atoms with Crippen LogP contribution in [0, 0.1) is 0 Å². The summed E-state index contributed by atoms with van der Waals surface area (Å²) in [7, 11) is 0. The molecule has 1 rings (SSSR count). The van der Waals surface area contributed by atoms with Gasteiger partial charge in [0.05, 0.1) is 6.10 Å². The number of amides is 1. The molecule has 21 heavy (non-hydrogen) atoms. The number of hydrogen-bond acceptors (Lipinski definition) is 3. The molecule has 1 atom stereocenters. The number of carbonyl (C=O) groups excluding carboxylic acids is 1. The quantitative estimate of drug-likeness (QED) is 0.772. The van der Waals surface area contributed by atoms with E-state index in [1.165, 1.54) is 0 Å². The van der Waals surface area contributed by atoms with Crippen LogP contribution in [0.3, 0.4) is 0 Å². The molecule has 0 fully saturated rings. The lowest BCUT2D eigenvalue weighted by molar-refractivity contribution is -0.139. The molecule has 0 radical (unpaired) electrons. The zero-order chi connectivity index (χ0) is 15.8. The zero-order valence-electron chi connectivity index (χ0n) is 12.8. The summed E-state index contributed by atoms with van der Waals surface area (Å²) in [6, 6.07) is 5.89. The van der Waals surface area contributed by atoms with Crippen molar-refractivity contribution in [2.75, 3.05) is 0 Å². The van der Waals surface area contributed by atoms with Crippen LogP contribution < -0.4 is 10.1 Å². The Balaban J connectivity index is 2.75. The van der Waals surface area contributed by atoms with Crippen molar-refractivity contribution in [3.63, 3.8) is 0 Å². The van der Waals surface area contributed by atoms with Crippen LogP contribution in [-0.4, -0.2) is 29.1 Å². The lowest BCUT2D eigenvalue weighted by Crippen LogP contribution is -2.40. The highest BCUT2D eigenvalue weighted by Gasteiger charge is 2.20. The summed E-state index contributed by atoms with van der Waals surface area (Å²) in [4.78, 5) is 23.3. The van der Waals surface area contributed by atoms with Gasteiger partial charge >= 0.3 is 5.97 Å². The van der Waals surface area contributed by atoms with Gasteiger partial charge < -0.3 is 15.2 Å². The van der Waals surface area contributed by atoms with Crippen LogP contribution >= 0.6 is 0 Å². The Kier molecular flexibility index (Phi) is 6.72. The molecule has 2 N–H and O–H groups in total. The van der Waals surface area contributed by atoms with E-state index in [1.54, 1.807) is 24.3 Å². The summed E-state index contributed by atoms with van der Waals surface area (Å²) in [5.74, 6) is -0.808. The fourth-order valence-electron chi connectivity index (χ4n) is 1.89. The van der Waals surface area contributed by atoms with E-state index in [0.717, 1.165) is 12.8 Å². The molecule has 5 nitrogen and oxygen atoms in total. The number of hydrogen-bond donors (Lipinski definition) is 2. The largest absolute Gasteiger partial charge is 0.491 e. The van der Waals surface area contributed by atoms with Gasteiger partial charge in [-0.3, -0.25) is 4.79 Å². The number of unbranched alkanes of at least 4 members (excludes halogenated alkanes) is 1. The Morgan fingerprint density at radius 2 is 2.05 bits per heavy atom. The van der Waals surface area contributed by atoms with Crippen LogP contribution in [0.2, 0.25) is 0 Å². The van der Waals surface area contributed by atoms with Gasteiger partial charge in [-0.05, 0) is 38.5 Å². The summed E-state index contributed by atoms with van der Waals surface area (Å²) in [5.41, 5.74) is 0.399. The minimum Gasteiger partial charge on any atom is -0.491 e. The van der Waals surface area contributed by atoms with Gasteiger partial charge in [0.2, 0.25) is 0 Å². The molecule has 0 unspecified atom stereocenters. The van der Waals surface area contributed by atoms with Crippen LogP contribution in [0.4, 0.5) is 0 Å². The number of benzene rings is 1. The molecule has 116 valence electrons. The Bertz CT molecular complexity index is 485. The van der Waals surface area contributed by atoms with Gasteiger partial charge in [0, 0.05) is 5.56 Å². The molecule has 0 aliphatic carbocycles. The number of aliphatic carboxylic acids is 1. The summed E-state index contributed by atoms with van der Waals surface area (Å²) in [5, 5.41) is 11.7. The molecular formula is C16H23NO4. The fourth-order valence-corrected chi connectivity index (χ4v) is 1.89. The number of rotatable bonds is 8. The number of carboxylic acids is 1. The summed E-state index contributed by atoms with van der Waals surface area (Å²) < 4.78 is 5.53. The highest BCUT2D eigenvalue weighted by molar-refractivity contribution is 5.96. The van der Waals surface area contributed by atoms with Crippen LogP contribution in [0.25, 0.3) is 0 Å². The Morgan fingerprint density at radius 1 is 1.33 bits per heavy atom. The van der Waals surface area contributed by atoms with Gasteiger partial charge in [-0.2, -0.15) is 0 Å². The van der Waals surface area contributed by atoms with Crippen molar-refractivity contribution < 1.29 is 19.4 Å². The van der Waals surface area contributed by atoms with Crippen molar-refractivity contribution in [3.05, 3.63) is 29.8 Å². The molecule has 0 aliphatic rings. The molecule has 0 saturated heterocycles. The second-order valence-corrected chi connectivity index (χ2v) is 5.20. The molecule has 1 amide bonds. The molecule has 1 aromatic carbocycles. The predicted octanol–water partition coefficient (Wildman–Crippen LogP) is 2.85. The molecule has 1 aromatic rings. The van der Waals surface area contributed by atoms with E-state index in [2.05, 4.69) is 5.32 Å². The van der Waals surface area contributed by atoms with Crippen LogP contribution in [0.5, 0.6) is 5.75 Å². The van der Waals surface area contributed by atoms with E-state index in [1.807, 2.05) is 20.8 Å². The van der Waals surface area contributed by atoms with E-state index in [0.29, 0.717) is 17.7 Å². The Morgan fingerprint density at radius 3 is 2.62 bits per heavy atom. The van der Waals surface area contributed by atoms with Crippen molar-refractivity contribution in [2.45, 2.75) is 52.2 Å². The second kappa shape index (κ2) is 8.29. The standard InChI is InChI=1S/C16H23NO4/c1-4-5-9-14(16(19)20)17-15(18)12-7-6-8-13(10-12)21-11(2)3/h6-8,10-11,14H,4-5,9H2,1-3H3,(H,17,18)(H,19,20)/t14-/m0/s1. The Hall–Kier alpha value is -2.04. The first kappa shape index (κ1) is 17.0. The maximum absolute atomic E-state index is 12.1. The average molecular weight is 293 g/mol. The minimum absolute atomic E-state index is 0.0135. The smallest absolute Gasteiger partial charge is 0.326 e. The van der Waals surface area contributed by atoms with Gasteiger partial charge in [-0.1, -0.05) is 25.8 Å². The number of nitrogens with one attached hydrogen (secondary N) is 1. The highest BCUT2D eigenvalue weighted by atomic mass is 16.5. The maximum Gasteiger partial charge on any atom is 0.326 e. The number of carboxylic acid groups (broad SMARTS) is 1. The lowest BCUT2D eigenvalue weighted by atomic mass is 10.1. The molecule has 0 bridgehead atoms. The van der Waals surface area contributed by atoms with Gasteiger partial charge in [0.1, 0.15) is 11.8 Å². The SMILES string of the molecule is CCCC[C@H](NC(=O)c1cccc(OC(C)C)c1)C(=O)O. The molecular weight excluding hydrogens is 270 g/mol. The summed E-state index contributed by atoms with van der Waals surface area (Å²) in [6.45, 7) is 5.78. The monoisotopic (exact) mass is 293 g/mol. The van der Waals surface area contributed by atoms with E-state index >= 15 is 0 Å². The first-order chi connectivity index (χ1) is 9.93. The predicted molar refractivity (Wildman–Crippen MR) is 80.6 cm³/mol. The third-order valence-electron chi connectivity index (χ3n) is 2.92. The van der Waals surface area contributed by atoms with E-state index in [-0.39, 0.29) is 6.10 Å². The van der Waals surface area contributed by atoms with Crippen LogP contribution in [0.15, 0.2) is 24.3 Å². The maximum atomic E-state index is 12.1. The first-order valence-electron chi connectivity index (χ1n) is 7.24. The molecule has 0 heterocycles. The summed E-state index contributed by atoms with van der Waals surface area (Å²) in [6.07, 6.45) is 2.09. The van der Waals surface area contributed by atoms with Crippen molar-refractivity contribution >= 4 is 11.9 Å². The van der Waals surface area contributed by atoms with E-state index in [9.17, 15) is 9.59 Å². The van der Waals surface area contributed by atoms with E-state index in [4.69, 9.17) is 9.84 Å². The highest BCUT2D eigenvalue weighted by Crippen LogP contribution is 2.15. The van der Waals surface area contributed by atoms with Crippen molar-refractivity contribution in [2.24, 2.45) is 0 Å². The van der Waals surface area contributed by atoms with E-state index < -0.39 is 17.9 Å². The van der Waals surface area contributed by atoms with Crippen molar-refractivity contribution in [1.82, 2.24) is 5.32 Å². The molecule has 0 spiro atoms. The average Bonchev–Trinajstić information content (AvgIpc) is 2.42. The molecule has 0 saturated carbocycles. The molecule has 0 aromatic heterocycles. The van der Waals surface area contributed by atoms with Gasteiger partial charge in [0.25, 0.3) is 5.91 Å². The van der Waals surface area contributed by atoms with Crippen molar-refractivity contribution in [3.8, 4) is 5.75 Å². The fraction of sp³-hybridized carbons (Fsp3) is 0.500. The normalized spacial score (nSPS) is 12.0. The minimum atomic E-state index is -1.01. The Labute approximate surface area is 125 Å². The lowest BCUT2D eigenvalue weighted by Gasteiger charge is -2.15. The third kappa shape index (κ3) is 5.85. The summed E-state index contributed by atoms with van der Waals surface area (Å²) >= 11 is 0. The topological polar surface area (TPSA) is 75.6 Å². The number of carbonyl (C=O) groups is 2. The van der Waals surface area contributed by atoms with Gasteiger partial charge in [0.15, 0.2) is 0 Å². The molecule has 0 aliphatic heterocycles. The molecule has 5 heteroatoms. The number of ether oxygens (including phenoxy) is 1. The van der Waals surface area contributed by atoms with Crippen LogP contribution in [0.1, 0.15) is 50.4 Å². The van der Waals surface area contributed by atoms with Gasteiger partial charge in [-0.25, -0.2) is 4.79 Å². The van der Waals surface area contributed by atoms with Crippen LogP contribution in [-0.2, 0) is 4.79 Å². The zero-order valence-corrected chi connectivity index (χ0v) is 12.8. The van der Waals surface area contributed by atoms with Crippen molar-refractivity contribution in [1.29, 1.82) is 0 Å². The third-order valence-corrected chi connectivity index (χ3v) is 2.92.